The third kappa shape index (κ3) is 4.75. The molecule has 0 aliphatic heterocycles. The van der Waals surface area contributed by atoms with Gasteiger partial charge in [-0.3, -0.25) is 9.59 Å². The molecule has 1 heterocycles. The summed E-state index contributed by atoms with van der Waals surface area (Å²) in [6.45, 7) is 1.34. The zero-order chi connectivity index (χ0) is 20.1. The van der Waals surface area contributed by atoms with Crippen molar-refractivity contribution < 1.29 is 18.7 Å². The number of hydrogen-bond donors (Lipinski definition) is 1. The first-order valence-corrected chi connectivity index (χ1v) is 8.80. The second-order valence-corrected chi connectivity index (χ2v) is 6.41. The molecule has 3 aromatic rings. The van der Waals surface area contributed by atoms with Gasteiger partial charge in [0, 0.05) is 11.1 Å². The molecular weight excluding hydrogens is 385 g/mol. The van der Waals surface area contributed by atoms with Crippen LogP contribution in [0, 0.1) is 5.82 Å². The lowest BCUT2D eigenvalue weighted by molar-refractivity contribution is -0.118. The zero-order valence-corrected chi connectivity index (χ0v) is 15.7. The number of ether oxygens (including phenoxy) is 1. The number of nitrogens with one attached hydrogen (secondary N) is 1. The molecule has 1 N–H and O–H groups in total. The zero-order valence-electron chi connectivity index (χ0n) is 15.0. The van der Waals surface area contributed by atoms with Crippen molar-refractivity contribution in [2.24, 2.45) is 0 Å². The van der Waals surface area contributed by atoms with E-state index in [0.717, 1.165) is 11.6 Å². The number of Topliss-reactive ketones (excluding diaryl/α,β-unsaturated/α-hetero) is 1. The molecule has 0 radical (unpaired) electrons. The number of rotatable bonds is 7. The highest BCUT2D eigenvalue weighted by molar-refractivity contribution is 6.31. The summed E-state index contributed by atoms with van der Waals surface area (Å²) in [5.41, 5.74) is 0.939. The molecule has 0 aliphatic carbocycles. The molecule has 3 rings (SSSR count). The number of ketones is 1. The number of benzene rings is 2. The number of anilines is 1. The average Bonchev–Trinajstić information content (AvgIpc) is 3.09. The van der Waals surface area contributed by atoms with Crippen LogP contribution in [-0.2, 0) is 11.3 Å². The number of aromatic nitrogens is 2. The van der Waals surface area contributed by atoms with Gasteiger partial charge in [0.2, 0.25) is 0 Å². The van der Waals surface area contributed by atoms with Crippen LogP contribution in [0.5, 0.6) is 5.75 Å². The van der Waals surface area contributed by atoms with E-state index in [1.807, 2.05) is 18.2 Å². The minimum absolute atomic E-state index is 0.0801. The summed E-state index contributed by atoms with van der Waals surface area (Å²) in [6, 6.07) is 12.6. The van der Waals surface area contributed by atoms with Gasteiger partial charge in [-0.15, -0.1) is 0 Å². The van der Waals surface area contributed by atoms with Crippen molar-refractivity contribution >= 4 is 29.1 Å². The van der Waals surface area contributed by atoms with Gasteiger partial charge in [0.1, 0.15) is 17.4 Å². The molecule has 6 nitrogen and oxygen atoms in total. The van der Waals surface area contributed by atoms with E-state index in [4.69, 9.17) is 16.3 Å². The smallest absolute Gasteiger partial charge is 0.263 e. The van der Waals surface area contributed by atoms with Crippen molar-refractivity contribution in [1.29, 1.82) is 0 Å². The predicted octanol–water partition coefficient (Wildman–Crippen LogP) is 3.94. The lowest BCUT2D eigenvalue weighted by Gasteiger charge is -2.12. The van der Waals surface area contributed by atoms with Crippen molar-refractivity contribution in [3.63, 3.8) is 0 Å². The van der Waals surface area contributed by atoms with Crippen molar-refractivity contribution in [3.8, 4) is 5.75 Å². The van der Waals surface area contributed by atoms with E-state index in [2.05, 4.69) is 10.4 Å². The first-order valence-electron chi connectivity index (χ1n) is 8.42. The van der Waals surface area contributed by atoms with Gasteiger partial charge in [-0.2, -0.15) is 5.10 Å². The standard InChI is InChI=1S/C20H17ClFN3O3/c1-13(26)16-10-15(22)6-7-18(16)28-12-20(27)24-19-8-9-23-25(19)11-14-4-2-3-5-17(14)21/h2-10H,11-12H2,1H3,(H,24,27). The van der Waals surface area contributed by atoms with Crippen LogP contribution in [-0.4, -0.2) is 28.1 Å². The van der Waals surface area contributed by atoms with Gasteiger partial charge in [0.25, 0.3) is 5.91 Å². The Morgan fingerprint density at radius 2 is 2.00 bits per heavy atom. The molecule has 0 saturated carbocycles. The van der Waals surface area contributed by atoms with Crippen LogP contribution in [0.4, 0.5) is 10.2 Å². The summed E-state index contributed by atoms with van der Waals surface area (Å²) in [4.78, 5) is 23.8. The fourth-order valence-corrected chi connectivity index (χ4v) is 2.77. The summed E-state index contributed by atoms with van der Waals surface area (Å²) < 4.78 is 20.3. The van der Waals surface area contributed by atoms with Gasteiger partial charge in [-0.05, 0) is 36.8 Å². The second kappa shape index (κ2) is 8.67. The molecule has 2 aromatic carbocycles. The van der Waals surface area contributed by atoms with E-state index < -0.39 is 11.7 Å². The van der Waals surface area contributed by atoms with E-state index in [0.29, 0.717) is 17.4 Å². The van der Waals surface area contributed by atoms with Crippen LogP contribution in [0.1, 0.15) is 22.8 Å². The lowest BCUT2D eigenvalue weighted by atomic mass is 10.1. The lowest BCUT2D eigenvalue weighted by Crippen LogP contribution is -2.23. The van der Waals surface area contributed by atoms with E-state index >= 15 is 0 Å². The highest BCUT2D eigenvalue weighted by Crippen LogP contribution is 2.21. The number of nitrogens with zero attached hydrogens (tertiary/aromatic N) is 2. The van der Waals surface area contributed by atoms with Gasteiger partial charge < -0.3 is 10.1 Å². The van der Waals surface area contributed by atoms with Crippen LogP contribution >= 0.6 is 11.6 Å². The van der Waals surface area contributed by atoms with Crippen LogP contribution in [0.3, 0.4) is 0 Å². The largest absolute Gasteiger partial charge is 0.483 e. The Hall–Kier alpha value is -3.19. The minimum atomic E-state index is -0.550. The molecule has 0 fully saturated rings. The summed E-state index contributed by atoms with van der Waals surface area (Å²) in [5, 5.41) is 7.49. The Bertz CT molecular complexity index is 1020. The molecule has 8 heteroatoms. The molecule has 0 unspecified atom stereocenters. The molecule has 144 valence electrons. The third-order valence-electron chi connectivity index (χ3n) is 3.94. The van der Waals surface area contributed by atoms with Crippen LogP contribution in [0.15, 0.2) is 54.7 Å². The first-order chi connectivity index (χ1) is 13.4. The molecule has 28 heavy (non-hydrogen) atoms. The Balaban J connectivity index is 1.65. The fraction of sp³-hybridized carbons (Fsp3) is 0.150. The van der Waals surface area contributed by atoms with E-state index in [9.17, 15) is 14.0 Å². The molecule has 0 atom stereocenters. The first kappa shape index (κ1) is 19.6. The predicted molar refractivity (Wildman–Crippen MR) is 103 cm³/mol. The minimum Gasteiger partial charge on any atom is -0.483 e. The van der Waals surface area contributed by atoms with Crippen molar-refractivity contribution in [1.82, 2.24) is 9.78 Å². The number of halogens is 2. The van der Waals surface area contributed by atoms with E-state index in [-0.39, 0.29) is 23.7 Å². The third-order valence-corrected chi connectivity index (χ3v) is 4.31. The summed E-state index contributed by atoms with van der Waals surface area (Å²) in [5.74, 6) is -0.731. The highest BCUT2D eigenvalue weighted by Gasteiger charge is 2.13. The highest BCUT2D eigenvalue weighted by atomic mass is 35.5. The van der Waals surface area contributed by atoms with Crippen LogP contribution < -0.4 is 10.1 Å². The Morgan fingerprint density at radius 1 is 1.21 bits per heavy atom. The molecule has 0 aliphatic rings. The topological polar surface area (TPSA) is 73.2 Å². The van der Waals surface area contributed by atoms with Gasteiger partial charge in [-0.25, -0.2) is 9.07 Å². The monoisotopic (exact) mass is 401 g/mol. The SMILES string of the molecule is CC(=O)c1cc(F)ccc1OCC(=O)Nc1ccnn1Cc1ccccc1Cl. The molecule has 0 bridgehead atoms. The number of hydrogen-bond acceptors (Lipinski definition) is 4. The van der Waals surface area contributed by atoms with Gasteiger partial charge in [0.15, 0.2) is 12.4 Å². The maximum absolute atomic E-state index is 13.3. The van der Waals surface area contributed by atoms with Gasteiger partial charge in [-0.1, -0.05) is 29.8 Å². The van der Waals surface area contributed by atoms with Crippen LogP contribution in [0.2, 0.25) is 5.02 Å². The summed E-state index contributed by atoms with van der Waals surface area (Å²) in [7, 11) is 0. The maximum Gasteiger partial charge on any atom is 0.263 e. The maximum atomic E-state index is 13.3. The van der Waals surface area contributed by atoms with Crippen molar-refractivity contribution in [2.75, 3.05) is 11.9 Å². The van der Waals surface area contributed by atoms with Crippen molar-refractivity contribution in [3.05, 3.63) is 76.7 Å². The average molecular weight is 402 g/mol. The molecule has 1 aromatic heterocycles. The quantitative estimate of drug-likeness (QED) is 0.608. The molecule has 1 amide bonds. The van der Waals surface area contributed by atoms with Crippen molar-refractivity contribution in [2.45, 2.75) is 13.5 Å². The summed E-state index contributed by atoms with van der Waals surface area (Å²) in [6.07, 6.45) is 1.56. The number of amides is 1. The number of carbonyl (C=O) groups is 2. The molecule has 0 saturated heterocycles. The molecule has 0 spiro atoms. The van der Waals surface area contributed by atoms with E-state index in [1.54, 1.807) is 23.0 Å². The Kier molecular flexibility index (Phi) is 6.06. The van der Waals surface area contributed by atoms with Crippen LogP contribution in [0.25, 0.3) is 0 Å². The van der Waals surface area contributed by atoms with Gasteiger partial charge >= 0.3 is 0 Å². The normalized spacial score (nSPS) is 10.5. The fourth-order valence-electron chi connectivity index (χ4n) is 2.58. The summed E-state index contributed by atoms with van der Waals surface area (Å²) >= 11 is 6.17. The number of carbonyl (C=O) groups excluding carboxylic acids is 2. The molecular formula is C20H17ClFN3O3. The van der Waals surface area contributed by atoms with Gasteiger partial charge in [0.05, 0.1) is 18.3 Å². The Labute approximate surface area is 165 Å². The second-order valence-electron chi connectivity index (χ2n) is 6.00. The Morgan fingerprint density at radius 3 is 2.75 bits per heavy atom. The van der Waals surface area contributed by atoms with E-state index in [1.165, 1.54) is 19.1 Å².